The van der Waals surface area contributed by atoms with Gasteiger partial charge in [-0.05, 0) is 40.2 Å². The van der Waals surface area contributed by atoms with Gasteiger partial charge in [-0.2, -0.15) is 4.72 Å². The maximum absolute atomic E-state index is 12.0. The summed E-state index contributed by atoms with van der Waals surface area (Å²) in [6, 6.07) is 10.6. The van der Waals surface area contributed by atoms with Crippen LogP contribution in [-0.2, 0) is 10.0 Å². The van der Waals surface area contributed by atoms with Gasteiger partial charge in [-0.15, -0.1) is 11.3 Å². The van der Waals surface area contributed by atoms with Crippen LogP contribution in [0.5, 0.6) is 5.75 Å². The molecule has 0 saturated carbocycles. The molecule has 2 rings (SSSR count). The quantitative estimate of drug-likeness (QED) is 0.823. The van der Waals surface area contributed by atoms with E-state index in [-0.39, 0.29) is 10.8 Å². The lowest BCUT2D eigenvalue weighted by Crippen LogP contribution is -2.23. The molecule has 0 bridgehead atoms. The summed E-state index contributed by atoms with van der Waals surface area (Å²) < 4.78 is 32.6. The summed E-state index contributed by atoms with van der Waals surface area (Å²) in [6.07, 6.45) is 0. The van der Waals surface area contributed by atoms with Crippen molar-refractivity contribution in [2.45, 2.75) is 4.21 Å². The zero-order valence-electron chi connectivity index (χ0n) is 11.1. The Morgan fingerprint density at radius 3 is 2.71 bits per heavy atom. The number of thiophene rings is 1. The molecule has 0 spiro atoms. The molecule has 4 nitrogen and oxygen atoms in total. The Labute approximate surface area is 136 Å². The van der Waals surface area contributed by atoms with E-state index in [1.165, 1.54) is 0 Å². The molecule has 21 heavy (non-hydrogen) atoms. The van der Waals surface area contributed by atoms with Crippen LogP contribution in [0, 0.1) is 11.8 Å². The number of benzene rings is 1. The summed E-state index contributed by atoms with van der Waals surface area (Å²) in [5.41, 5.74) is 0.720. The van der Waals surface area contributed by atoms with Gasteiger partial charge in [0.05, 0.1) is 23.0 Å². The van der Waals surface area contributed by atoms with E-state index in [2.05, 4.69) is 32.5 Å². The van der Waals surface area contributed by atoms with Crippen LogP contribution in [0.4, 0.5) is 0 Å². The highest BCUT2D eigenvalue weighted by Crippen LogP contribution is 2.25. The second-order valence-electron chi connectivity index (χ2n) is 3.89. The maximum Gasteiger partial charge on any atom is 0.250 e. The smallest absolute Gasteiger partial charge is 0.250 e. The molecule has 1 aromatic heterocycles. The third-order valence-electron chi connectivity index (χ3n) is 2.49. The van der Waals surface area contributed by atoms with Crippen LogP contribution in [0.1, 0.15) is 5.56 Å². The summed E-state index contributed by atoms with van der Waals surface area (Å²) in [5.74, 6) is 6.33. The standard InChI is InChI=1S/C14H12BrNO3S2/c1-19-12-7-3-2-5-11(12)6-4-10-16-21(17,18)14-9-8-13(15)20-14/h2-3,5,7-9,16H,10H2,1H3. The van der Waals surface area contributed by atoms with Crippen molar-refractivity contribution in [3.05, 3.63) is 45.7 Å². The average molecular weight is 386 g/mol. The number of nitrogens with one attached hydrogen (secondary N) is 1. The van der Waals surface area contributed by atoms with Crippen molar-refractivity contribution in [1.29, 1.82) is 0 Å². The Kier molecular flexibility index (Phi) is 5.42. The zero-order valence-corrected chi connectivity index (χ0v) is 14.3. The van der Waals surface area contributed by atoms with Crippen LogP contribution in [0.2, 0.25) is 0 Å². The van der Waals surface area contributed by atoms with Gasteiger partial charge in [0.1, 0.15) is 9.96 Å². The first-order chi connectivity index (χ1) is 10.0. The maximum atomic E-state index is 12.0. The van der Waals surface area contributed by atoms with Gasteiger partial charge in [0.25, 0.3) is 10.0 Å². The van der Waals surface area contributed by atoms with Gasteiger partial charge in [-0.3, -0.25) is 0 Å². The van der Waals surface area contributed by atoms with Gasteiger partial charge in [0, 0.05) is 0 Å². The van der Waals surface area contributed by atoms with Crippen molar-refractivity contribution in [1.82, 2.24) is 4.72 Å². The molecular formula is C14H12BrNO3S2. The Morgan fingerprint density at radius 1 is 1.29 bits per heavy atom. The summed E-state index contributed by atoms with van der Waals surface area (Å²) >= 11 is 4.39. The van der Waals surface area contributed by atoms with Crippen LogP contribution in [0.3, 0.4) is 0 Å². The van der Waals surface area contributed by atoms with Crippen LogP contribution in [0.15, 0.2) is 44.4 Å². The normalized spacial score (nSPS) is 10.8. The third kappa shape index (κ3) is 4.32. The first-order valence-electron chi connectivity index (χ1n) is 5.90. The molecule has 0 atom stereocenters. The molecule has 7 heteroatoms. The van der Waals surface area contributed by atoms with Crippen molar-refractivity contribution in [3.63, 3.8) is 0 Å². The molecular weight excluding hydrogens is 374 g/mol. The number of ether oxygens (including phenoxy) is 1. The van der Waals surface area contributed by atoms with Crippen molar-refractivity contribution in [3.8, 4) is 17.6 Å². The predicted molar refractivity (Wildman–Crippen MR) is 87.1 cm³/mol. The molecule has 0 amide bonds. The minimum atomic E-state index is -3.50. The minimum Gasteiger partial charge on any atom is -0.495 e. The highest BCUT2D eigenvalue weighted by molar-refractivity contribution is 9.11. The molecule has 0 radical (unpaired) electrons. The number of hydrogen-bond donors (Lipinski definition) is 1. The summed E-state index contributed by atoms with van der Waals surface area (Å²) in [6.45, 7) is 0.0376. The fourth-order valence-electron chi connectivity index (χ4n) is 1.53. The van der Waals surface area contributed by atoms with E-state index in [9.17, 15) is 8.42 Å². The predicted octanol–water partition coefficient (Wildman–Crippen LogP) is 2.85. The summed E-state index contributed by atoms with van der Waals surface area (Å²) in [4.78, 5) is 0. The fraction of sp³-hybridized carbons (Fsp3) is 0.143. The highest BCUT2D eigenvalue weighted by Gasteiger charge is 2.14. The van der Waals surface area contributed by atoms with Gasteiger partial charge >= 0.3 is 0 Å². The van der Waals surface area contributed by atoms with Gasteiger partial charge in [0.15, 0.2) is 0 Å². The van der Waals surface area contributed by atoms with Gasteiger partial charge in [0.2, 0.25) is 0 Å². The third-order valence-corrected chi connectivity index (χ3v) is 6.01. The molecule has 0 aliphatic rings. The first kappa shape index (κ1) is 16.0. The molecule has 0 saturated heterocycles. The fourth-order valence-corrected chi connectivity index (χ4v) is 4.51. The Bertz CT molecular complexity index is 788. The molecule has 0 fully saturated rings. The van der Waals surface area contributed by atoms with E-state index < -0.39 is 10.0 Å². The molecule has 1 heterocycles. The van der Waals surface area contributed by atoms with E-state index in [1.807, 2.05) is 18.2 Å². The number of rotatable bonds is 4. The van der Waals surface area contributed by atoms with Crippen LogP contribution >= 0.6 is 27.3 Å². The van der Waals surface area contributed by atoms with Gasteiger partial charge in [-0.1, -0.05) is 24.0 Å². The lowest BCUT2D eigenvalue weighted by molar-refractivity contribution is 0.413. The van der Waals surface area contributed by atoms with Crippen molar-refractivity contribution in [2.75, 3.05) is 13.7 Å². The minimum absolute atomic E-state index is 0.0376. The second-order valence-corrected chi connectivity index (χ2v) is 8.34. The number of halogens is 1. The van der Waals surface area contributed by atoms with E-state index in [0.717, 1.165) is 20.7 Å². The monoisotopic (exact) mass is 385 g/mol. The topological polar surface area (TPSA) is 55.4 Å². The summed E-state index contributed by atoms with van der Waals surface area (Å²) in [5, 5.41) is 0. The molecule has 110 valence electrons. The Hall–Kier alpha value is -1.33. The van der Waals surface area contributed by atoms with Crippen LogP contribution in [-0.4, -0.2) is 22.1 Å². The van der Waals surface area contributed by atoms with Crippen LogP contribution < -0.4 is 9.46 Å². The molecule has 0 aliphatic heterocycles. The molecule has 0 aliphatic carbocycles. The van der Waals surface area contributed by atoms with Crippen molar-refractivity contribution in [2.24, 2.45) is 0 Å². The molecule has 1 N–H and O–H groups in total. The number of sulfonamides is 1. The zero-order chi connectivity index (χ0) is 15.3. The Morgan fingerprint density at radius 2 is 2.05 bits per heavy atom. The largest absolute Gasteiger partial charge is 0.495 e. The van der Waals surface area contributed by atoms with Gasteiger partial charge < -0.3 is 4.74 Å². The van der Waals surface area contributed by atoms with E-state index in [1.54, 1.807) is 25.3 Å². The molecule has 1 aromatic carbocycles. The van der Waals surface area contributed by atoms with Crippen LogP contribution in [0.25, 0.3) is 0 Å². The van der Waals surface area contributed by atoms with E-state index in [0.29, 0.717) is 5.75 Å². The lowest BCUT2D eigenvalue weighted by atomic mass is 10.2. The van der Waals surface area contributed by atoms with Crippen molar-refractivity contribution >= 4 is 37.3 Å². The Balaban J connectivity index is 2.04. The van der Waals surface area contributed by atoms with Crippen molar-refractivity contribution < 1.29 is 13.2 Å². The van der Waals surface area contributed by atoms with E-state index in [4.69, 9.17) is 4.74 Å². The number of methoxy groups -OCH3 is 1. The highest BCUT2D eigenvalue weighted by atomic mass is 79.9. The number of para-hydroxylation sites is 1. The lowest BCUT2D eigenvalue weighted by Gasteiger charge is -2.01. The van der Waals surface area contributed by atoms with Gasteiger partial charge in [-0.25, -0.2) is 8.42 Å². The number of hydrogen-bond acceptors (Lipinski definition) is 4. The van der Waals surface area contributed by atoms with E-state index >= 15 is 0 Å². The molecule has 0 unspecified atom stereocenters. The second kappa shape index (κ2) is 7.09. The molecule has 2 aromatic rings. The first-order valence-corrected chi connectivity index (χ1v) is 8.99. The summed E-state index contributed by atoms with van der Waals surface area (Å²) in [7, 11) is -1.94. The SMILES string of the molecule is COc1ccccc1C#CCNS(=O)(=O)c1ccc(Br)s1. The average Bonchev–Trinajstić information content (AvgIpc) is 2.91.